The number of carbonyl (C=O) groups excluding carboxylic acids is 2. The van der Waals surface area contributed by atoms with Crippen molar-refractivity contribution in [3.05, 3.63) is 54.0 Å². The SMILES string of the molecule is C#Cc1c(F)ccc2cc(O)cc(N3Cc4nc(OC[C@]5(C)C[C@@H](F)CN5C5CCN(C6CCOCC6)CC5)nc(N(C)C[C@@H]5CCCN5C(=O)C=C)c4OC3=O)c12. The van der Waals surface area contributed by atoms with Gasteiger partial charge in [-0.15, -0.1) is 6.42 Å². The summed E-state index contributed by atoms with van der Waals surface area (Å²) in [6, 6.07) is 6.07. The van der Waals surface area contributed by atoms with E-state index in [9.17, 15) is 14.7 Å². The van der Waals surface area contributed by atoms with Crippen LogP contribution in [0.4, 0.5) is 25.1 Å². The number of ether oxygens (including phenoxy) is 3. The van der Waals surface area contributed by atoms with Crippen molar-refractivity contribution in [1.29, 1.82) is 0 Å². The fourth-order valence-electron chi connectivity index (χ4n) is 9.79. The van der Waals surface area contributed by atoms with Gasteiger partial charge in [-0.05, 0) is 82.1 Å². The molecule has 2 aromatic carbocycles. The summed E-state index contributed by atoms with van der Waals surface area (Å²) in [7, 11) is 1.80. The lowest BCUT2D eigenvalue weighted by atomic mass is 9.93. The summed E-state index contributed by atoms with van der Waals surface area (Å²) >= 11 is 0. The molecule has 15 heteroatoms. The molecule has 0 aliphatic carbocycles. The molecule has 308 valence electrons. The average molecular weight is 800 g/mol. The van der Waals surface area contributed by atoms with Gasteiger partial charge in [0, 0.05) is 75.9 Å². The predicted molar refractivity (Wildman–Crippen MR) is 215 cm³/mol. The van der Waals surface area contributed by atoms with Crippen LogP contribution < -0.4 is 19.3 Å². The van der Waals surface area contributed by atoms with Crippen molar-refractivity contribution < 1.29 is 37.7 Å². The number of amides is 2. The van der Waals surface area contributed by atoms with Crippen LogP contribution in [0.3, 0.4) is 0 Å². The third kappa shape index (κ3) is 7.65. The second-order valence-corrected chi connectivity index (χ2v) is 16.5. The zero-order chi connectivity index (χ0) is 40.7. The fourth-order valence-corrected chi connectivity index (χ4v) is 9.79. The second kappa shape index (κ2) is 16.3. The van der Waals surface area contributed by atoms with Crippen LogP contribution in [0.2, 0.25) is 0 Å². The number of phenolic OH excluding ortho intramolecular Hbond substituents is 1. The number of hydrogen-bond acceptors (Lipinski definition) is 11. The number of likely N-dealkylation sites (tertiary alicyclic amines) is 3. The fraction of sp³-hybridized carbons (Fsp3) is 0.535. The van der Waals surface area contributed by atoms with Gasteiger partial charge < -0.3 is 34.0 Å². The number of likely N-dealkylation sites (N-methyl/N-ethyl adjacent to an activating group) is 1. The molecular formula is C43H51F2N7O6. The maximum atomic E-state index is 15.4. The molecule has 3 aromatic rings. The van der Waals surface area contributed by atoms with Crippen LogP contribution in [0, 0.1) is 18.2 Å². The van der Waals surface area contributed by atoms with E-state index in [4.69, 9.17) is 30.6 Å². The van der Waals surface area contributed by atoms with Crippen molar-refractivity contribution >= 4 is 34.3 Å². The van der Waals surface area contributed by atoms with E-state index in [0.29, 0.717) is 43.2 Å². The van der Waals surface area contributed by atoms with Gasteiger partial charge in [-0.3, -0.25) is 14.6 Å². The molecule has 4 fully saturated rings. The molecule has 0 bridgehead atoms. The Kier molecular flexibility index (Phi) is 11.2. The minimum Gasteiger partial charge on any atom is -0.508 e. The zero-order valence-corrected chi connectivity index (χ0v) is 33.2. The third-order valence-electron chi connectivity index (χ3n) is 12.7. The molecule has 5 aliphatic rings. The molecule has 58 heavy (non-hydrogen) atoms. The Morgan fingerprint density at radius 2 is 1.93 bits per heavy atom. The first-order valence-corrected chi connectivity index (χ1v) is 20.3. The van der Waals surface area contributed by atoms with Gasteiger partial charge in [-0.25, -0.2) is 13.6 Å². The number of alkyl halides is 1. The van der Waals surface area contributed by atoms with Crippen LogP contribution in [0.25, 0.3) is 10.8 Å². The first-order valence-electron chi connectivity index (χ1n) is 20.3. The summed E-state index contributed by atoms with van der Waals surface area (Å²) in [6.45, 7) is 10.5. The van der Waals surface area contributed by atoms with Gasteiger partial charge in [0.05, 0.1) is 23.3 Å². The Morgan fingerprint density at radius 1 is 1.16 bits per heavy atom. The summed E-state index contributed by atoms with van der Waals surface area (Å²) in [5, 5.41) is 11.4. The molecule has 0 radical (unpaired) electrons. The molecule has 0 spiro atoms. The summed E-state index contributed by atoms with van der Waals surface area (Å²) in [6.07, 6.45) is 11.1. The van der Waals surface area contributed by atoms with Crippen LogP contribution >= 0.6 is 0 Å². The van der Waals surface area contributed by atoms with E-state index in [1.165, 1.54) is 35.2 Å². The normalized spacial score (nSPS) is 24.8. The Labute approximate surface area is 337 Å². The van der Waals surface area contributed by atoms with Crippen LogP contribution in [0.5, 0.6) is 17.5 Å². The van der Waals surface area contributed by atoms with E-state index >= 15 is 8.78 Å². The van der Waals surface area contributed by atoms with Gasteiger partial charge in [-0.1, -0.05) is 18.6 Å². The van der Waals surface area contributed by atoms with Crippen LogP contribution in [-0.2, 0) is 16.1 Å². The monoisotopic (exact) mass is 799 g/mol. The highest BCUT2D eigenvalue weighted by molar-refractivity contribution is 6.06. The number of fused-ring (bicyclic) bond motifs is 2. The summed E-state index contributed by atoms with van der Waals surface area (Å²) in [5.41, 5.74) is -0.266. The van der Waals surface area contributed by atoms with Gasteiger partial charge in [0.1, 0.15) is 30.0 Å². The minimum absolute atomic E-state index is 0.0119. The van der Waals surface area contributed by atoms with Crippen molar-refractivity contribution in [2.45, 2.75) is 88.3 Å². The number of benzene rings is 2. The van der Waals surface area contributed by atoms with Gasteiger partial charge in [0.2, 0.25) is 5.91 Å². The second-order valence-electron chi connectivity index (χ2n) is 16.5. The molecule has 13 nitrogen and oxygen atoms in total. The average Bonchev–Trinajstić information content (AvgIpc) is 3.82. The molecule has 5 aliphatic heterocycles. The number of terminal acetylenes is 1. The third-order valence-corrected chi connectivity index (χ3v) is 12.7. The molecule has 0 saturated carbocycles. The lowest BCUT2D eigenvalue weighted by molar-refractivity contribution is -0.126. The lowest BCUT2D eigenvalue weighted by Gasteiger charge is -2.45. The van der Waals surface area contributed by atoms with E-state index in [2.05, 4.69) is 22.3 Å². The van der Waals surface area contributed by atoms with E-state index in [1.807, 2.05) is 11.8 Å². The Hall–Kier alpha value is -5.04. The lowest BCUT2D eigenvalue weighted by Crippen LogP contribution is -2.55. The Morgan fingerprint density at radius 3 is 2.67 bits per heavy atom. The smallest absolute Gasteiger partial charge is 0.420 e. The van der Waals surface area contributed by atoms with Crippen molar-refractivity contribution in [2.75, 3.05) is 69.4 Å². The Bertz CT molecular complexity index is 2120. The minimum atomic E-state index is -1.01. The number of aromatic hydroxyl groups is 1. The van der Waals surface area contributed by atoms with Gasteiger partial charge in [0.15, 0.2) is 11.6 Å². The van der Waals surface area contributed by atoms with Crippen LogP contribution in [0.1, 0.15) is 63.1 Å². The quantitative estimate of drug-likeness (QED) is 0.209. The van der Waals surface area contributed by atoms with E-state index in [0.717, 1.165) is 64.8 Å². The number of aromatic nitrogens is 2. The number of nitrogens with zero attached hydrogens (tertiary/aromatic N) is 7. The van der Waals surface area contributed by atoms with Gasteiger partial charge >= 0.3 is 12.1 Å². The maximum absolute atomic E-state index is 15.4. The molecule has 2 amide bonds. The zero-order valence-electron chi connectivity index (χ0n) is 33.2. The summed E-state index contributed by atoms with van der Waals surface area (Å²) in [4.78, 5) is 45.8. The molecular weight excluding hydrogens is 749 g/mol. The molecule has 3 atom stereocenters. The van der Waals surface area contributed by atoms with Gasteiger partial charge in [-0.2, -0.15) is 9.97 Å². The Balaban J connectivity index is 1.09. The van der Waals surface area contributed by atoms with Crippen molar-refractivity contribution in [3.63, 3.8) is 0 Å². The number of piperidine rings is 1. The number of phenols is 1. The van der Waals surface area contributed by atoms with Crippen molar-refractivity contribution in [1.82, 2.24) is 24.7 Å². The number of hydrogen-bond donors (Lipinski definition) is 1. The summed E-state index contributed by atoms with van der Waals surface area (Å²) in [5.74, 6) is 1.80. The maximum Gasteiger partial charge on any atom is 0.420 e. The highest BCUT2D eigenvalue weighted by atomic mass is 19.1. The number of rotatable bonds is 10. The largest absolute Gasteiger partial charge is 0.508 e. The first-order chi connectivity index (χ1) is 28.0. The van der Waals surface area contributed by atoms with E-state index < -0.39 is 23.6 Å². The topological polar surface area (TPSA) is 124 Å². The van der Waals surface area contributed by atoms with Crippen molar-refractivity contribution in [3.8, 4) is 29.9 Å². The molecule has 6 heterocycles. The number of anilines is 2. The molecule has 1 aromatic heterocycles. The highest BCUT2D eigenvalue weighted by Gasteiger charge is 2.47. The number of halogens is 2. The van der Waals surface area contributed by atoms with Crippen LogP contribution in [0.15, 0.2) is 36.9 Å². The van der Waals surface area contributed by atoms with Gasteiger partial charge in [0.25, 0.3) is 0 Å². The van der Waals surface area contributed by atoms with E-state index in [1.54, 1.807) is 11.9 Å². The molecule has 0 unspecified atom stereocenters. The van der Waals surface area contributed by atoms with Crippen LogP contribution in [-0.4, -0.2) is 131 Å². The highest BCUT2D eigenvalue weighted by Crippen LogP contribution is 2.42. The molecule has 1 N–H and O–H groups in total. The molecule has 4 saturated heterocycles. The standard InChI is InChI=1S/C43H51F2N7O6/c1-5-33-34(45)10-9-27-20-32(53)21-36(38(27)33)51-25-35-39(58-42(51)55)40(48(4)24-31-8-7-15-50(31)37(54)6-2)47-41(46-35)57-26-43(3)22-28(44)23-52(43)30-11-16-49(17-12-30)29-13-18-56-19-14-29/h1,6,9-10,20-21,28-31,53H,2,7-8,11-19,22-26H2,3-4H3/t28-,31+,43+/m1/s1. The predicted octanol–water partition coefficient (Wildman–Crippen LogP) is 5.41. The van der Waals surface area contributed by atoms with E-state index in [-0.39, 0.29) is 71.1 Å². The molecule has 8 rings (SSSR count). The number of carbonyl (C=O) groups is 2. The first kappa shape index (κ1) is 39.8. The van der Waals surface area contributed by atoms with Crippen molar-refractivity contribution in [2.24, 2.45) is 0 Å². The summed E-state index contributed by atoms with van der Waals surface area (Å²) < 4.78 is 48.4.